The molecule has 1 heterocycles. The average Bonchev–Trinajstić information content (AvgIpc) is 2.89. The predicted octanol–water partition coefficient (Wildman–Crippen LogP) is 7.51. The van der Waals surface area contributed by atoms with Gasteiger partial charge in [-0.2, -0.15) is 0 Å². The number of carbonyl (C=O) groups is 1. The van der Waals surface area contributed by atoms with Crippen LogP contribution in [0.2, 0.25) is 5.02 Å². The molecule has 8 heteroatoms. The number of nitrogens with one attached hydrogen (secondary N) is 1. The SMILES string of the molecule is O=C(Nc1cc(Oc2ccc(Cl)cc2)cc([N+](=O)[O-])c1)c1cc(-c2ccccc2)nc2ccccc12. The van der Waals surface area contributed by atoms with E-state index in [9.17, 15) is 14.9 Å². The second-order valence-electron chi connectivity index (χ2n) is 7.92. The number of hydrogen-bond acceptors (Lipinski definition) is 5. The monoisotopic (exact) mass is 495 g/mol. The van der Waals surface area contributed by atoms with Gasteiger partial charge in [-0.25, -0.2) is 4.98 Å². The maximum Gasteiger partial charge on any atom is 0.275 e. The van der Waals surface area contributed by atoms with Gasteiger partial charge in [-0.15, -0.1) is 0 Å². The third kappa shape index (κ3) is 5.01. The minimum Gasteiger partial charge on any atom is -0.457 e. The second-order valence-corrected chi connectivity index (χ2v) is 8.36. The first-order valence-electron chi connectivity index (χ1n) is 11.0. The molecule has 36 heavy (non-hydrogen) atoms. The molecule has 0 unspecified atom stereocenters. The van der Waals surface area contributed by atoms with Crippen LogP contribution in [0.25, 0.3) is 22.2 Å². The van der Waals surface area contributed by atoms with E-state index in [1.165, 1.54) is 18.2 Å². The molecule has 4 aromatic carbocycles. The zero-order chi connectivity index (χ0) is 25.1. The van der Waals surface area contributed by atoms with Crippen LogP contribution in [0.3, 0.4) is 0 Å². The van der Waals surface area contributed by atoms with Crippen LogP contribution < -0.4 is 10.1 Å². The molecule has 0 aliphatic heterocycles. The van der Waals surface area contributed by atoms with Crippen molar-refractivity contribution in [2.75, 3.05) is 5.32 Å². The average molecular weight is 496 g/mol. The summed E-state index contributed by atoms with van der Waals surface area (Å²) in [6.45, 7) is 0. The number of amides is 1. The Labute approximate surface area is 211 Å². The van der Waals surface area contributed by atoms with Crippen molar-refractivity contribution in [1.29, 1.82) is 0 Å². The maximum atomic E-state index is 13.4. The van der Waals surface area contributed by atoms with E-state index in [2.05, 4.69) is 5.32 Å². The van der Waals surface area contributed by atoms with Gasteiger partial charge in [0.05, 0.1) is 33.5 Å². The van der Waals surface area contributed by atoms with E-state index in [0.29, 0.717) is 32.9 Å². The molecule has 0 atom stereocenters. The second kappa shape index (κ2) is 9.85. The molecule has 176 valence electrons. The highest BCUT2D eigenvalue weighted by Gasteiger charge is 2.17. The third-order valence-corrected chi connectivity index (χ3v) is 5.69. The number of nitrogens with zero attached hydrogens (tertiary/aromatic N) is 2. The highest BCUT2D eigenvalue weighted by molar-refractivity contribution is 6.30. The van der Waals surface area contributed by atoms with Gasteiger partial charge in [0.2, 0.25) is 0 Å². The number of para-hydroxylation sites is 1. The van der Waals surface area contributed by atoms with Gasteiger partial charge >= 0.3 is 0 Å². The van der Waals surface area contributed by atoms with E-state index >= 15 is 0 Å². The van der Waals surface area contributed by atoms with Crippen LogP contribution in [-0.4, -0.2) is 15.8 Å². The van der Waals surface area contributed by atoms with Crippen molar-refractivity contribution >= 4 is 39.8 Å². The Morgan fingerprint density at radius 3 is 2.33 bits per heavy atom. The predicted molar refractivity (Wildman–Crippen MR) is 140 cm³/mol. The first-order valence-corrected chi connectivity index (χ1v) is 11.3. The standard InChI is InChI=1S/C28H18ClN3O4/c29-19-10-12-22(13-11-19)36-23-15-20(14-21(16-23)32(34)35)30-28(33)25-17-27(18-6-2-1-3-7-18)31-26-9-5-4-8-24(25)26/h1-17H,(H,30,33). The van der Waals surface area contributed by atoms with Crippen LogP contribution in [0, 0.1) is 10.1 Å². The highest BCUT2D eigenvalue weighted by atomic mass is 35.5. The number of nitro groups is 1. The lowest BCUT2D eigenvalue weighted by molar-refractivity contribution is -0.384. The van der Waals surface area contributed by atoms with Gasteiger partial charge in [0.1, 0.15) is 11.5 Å². The van der Waals surface area contributed by atoms with E-state index in [4.69, 9.17) is 21.3 Å². The molecular formula is C28H18ClN3O4. The lowest BCUT2D eigenvalue weighted by atomic mass is 10.0. The Hall–Kier alpha value is -4.75. The first kappa shape index (κ1) is 23.0. The molecule has 0 saturated heterocycles. The molecular weight excluding hydrogens is 478 g/mol. The number of aromatic nitrogens is 1. The number of nitro benzene ring substituents is 1. The summed E-state index contributed by atoms with van der Waals surface area (Å²) in [5.74, 6) is 0.222. The van der Waals surface area contributed by atoms with Crippen LogP contribution in [0.4, 0.5) is 11.4 Å². The summed E-state index contributed by atoms with van der Waals surface area (Å²) in [6, 6.07) is 29.3. The zero-order valence-corrected chi connectivity index (χ0v) is 19.5. The lowest BCUT2D eigenvalue weighted by Gasteiger charge is -2.12. The van der Waals surface area contributed by atoms with Gasteiger partial charge in [0.25, 0.3) is 11.6 Å². The van der Waals surface area contributed by atoms with Crippen molar-refractivity contribution in [1.82, 2.24) is 4.98 Å². The van der Waals surface area contributed by atoms with Gasteiger partial charge in [-0.3, -0.25) is 14.9 Å². The number of rotatable bonds is 6. The fourth-order valence-corrected chi connectivity index (χ4v) is 3.90. The summed E-state index contributed by atoms with van der Waals surface area (Å²) in [5, 5.41) is 15.5. The smallest absolute Gasteiger partial charge is 0.275 e. The molecule has 0 saturated carbocycles. The summed E-state index contributed by atoms with van der Waals surface area (Å²) < 4.78 is 5.77. The summed E-state index contributed by atoms with van der Waals surface area (Å²) in [6.07, 6.45) is 0. The Bertz CT molecular complexity index is 1590. The Balaban J connectivity index is 1.52. The number of fused-ring (bicyclic) bond motifs is 1. The van der Waals surface area contributed by atoms with Crippen molar-refractivity contribution in [2.24, 2.45) is 0 Å². The number of non-ortho nitro benzene ring substituents is 1. The lowest BCUT2D eigenvalue weighted by Crippen LogP contribution is -2.13. The molecule has 5 aromatic rings. The molecule has 1 aromatic heterocycles. The maximum absolute atomic E-state index is 13.4. The number of hydrogen-bond donors (Lipinski definition) is 1. The minimum absolute atomic E-state index is 0.200. The van der Waals surface area contributed by atoms with E-state index in [1.54, 1.807) is 30.3 Å². The van der Waals surface area contributed by atoms with Crippen LogP contribution in [-0.2, 0) is 0 Å². The summed E-state index contributed by atoms with van der Waals surface area (Å²) in [7, 11) is 0. The summed E-state index contributed by atoms with van der Waals surface area (Å²) in [4.78, 5) is 29.1. The topological polar surface area (TPSA) is 94.4 Å². The van der Waals surface area contributed by atoms with E-state index in [0.717, 1.165) is 5.56 Å². The fraction of sp³-hybridized carbons (Fsp3) is 0. The Morgan fingerprint density at radius 1 is 0.861 bits per heavy atom. The van der Waals surface area contributed by atoms with Crippen LogP contribution in [0.15, 0.2) is 103 Å². The van der Waals surface area contributed by atoms with Gasteiger partial charge in [-0.1, -0.05) is 60.1 Å². The third-order valence-electron chi connectivity index (χ3n) is 5.44. The van der Waals surface area contributed by atoms with E-state index < -0.39 is 10.8 Å². The summed E-state index contributed by atoms with van der Waals surface area (Å²) >= 11 is 5.92. The number of anilines is 1. The number of ether oxygens (including phenoxy) is 1. The van der Waals surface area contributed by atoms with Crippen LogP contribution in [0.1, 0.15) is 10.4 Å². The Morgan fingerprint density at radius 2 is 1.58 bits per heavy atom. The Kier molecular flexibility index (Phi) is 6.30. The zero-order valence-electron chi connectivity index (χ0n) is 18.7. The van der Waals surface area contributed by atoms with E-state index in [-0.39, 0.29) is 17.1 Å². The molecule has 1 amide bonds. The van der Waals surface area contributed by atoms with Gasteiger partial charge < -0.3 is 10.1 Å². The quantitative estimate of drug-likeness (QED) is 0.194. The molecule has 0 radical (unpaired) electrons. The van der Waals surface area contributed by atoms with Crippen molar-refractivity contribution < 1.29 is 14.5 Å². The van der Waals surface area contributed by atoms with Crippen molar-refractivity contribution in [3.8, 4) is 22.8 Å². The molecule has 0 aliphatic rings. The van der Waals surface area contributed by atoms with Gasteiger partial charge in [0.15, 0.2) is 0 Å². The molecule has 5 rings (SSSR count). The van der Waals surface area contributed by atoms with Crippen LogP contribution >= 0.6 is 11.6 Å². The molecule has 0 fully saturated rings. The molecule has 1 N–H and O–H groups in total. The summed E-state index contributed by atoms with van der Waals surface area (Å²) in [5.41, 5.74) is 2.57. The number of pyridine rings is 1. The molecule has 0 spiro atoms. The number of benzene rings is 4. The minimum atomic E-state index is -0.542. The van der Waals surface area contributed by atoms with Crippen molar-refractivity contribution in [3.63, 3.8) is 0 Å². The van der Waals surface area contributed by atoms with Gasteiger partial charge in [0, 0.05) is 28.1 Å². The fourth-order valence-electron chi connectivity index (χ4n) is 3.78. The van der Waals surface area contributed by atoms with Crippen molar-refractivity contribution in [2.45, 2.75) is 0 Å². The number of halogens is 1. The normalized spacial score (nSPS) is 10.7. The molecule has 7 nitrogen and oxygen atoms in total. The van der Waals surface area contributed by atoms with Crippen molar-refractivity contribution in [3.05, 3.63) is 124 Å². The molecule has 0 bridgehead atoms. The number of carbonyl (C=O) groups excluding carboxylic acids is 1. The van der Waals surface area contributed by atoms with Gasteiger partial charge in [-0.05, 0) is 36.4 Å². The first-order chi connectivity index (χ1) is 17.5. The van der Waals surface area contributed by atoms with E-state index in [1.807, 2.05) is 54.6 Å². The molecule has 0 aliphatic carbocycles. The highest BCUT2D eigenvalue weighted by Crippen LogP contribution is 2.31. The largest absolute Gasteiger partial charge is 0.457 e. The van der Waals surface area contributed by atoms with Crippen LogP contribution in [0.5, 0.6) is 11.5 Å².